The van der Waals surface area contributed by atoms with Crippen molar-refractivity contribution in [3.63, 3.8) is 0 Å². The monoisotopic (exact) mass is 404 g/mol. The Morgan fingerprint density at radius 2 is 1.68 bits per heavy atom. The Morgan fingerprint density at radius 1 is 0.964 bits per heavy atom. The molecule has 4 fully saturated rings. The molecule has 3 heteroatoms. The van der Waals surface area contributed by atoms with E-state index >= 15 is 0 Å². The first-order valence-corrected chi connectivity index (χ1v) is 15.1. The van der Waals surface area contributed by atoms with Gasteiger partial charge in [0.2, 0.25) is 0 Å². The van der Waals surface area contributed by atoms with Crippen LogP contribution < -0.4 is 0 Å². The molecule has 0 saturated heterocycles. The van der Waals surface area contributed by atoms with Crippen LogP contribution in [-0.4, -0.2) is 20.2 Å². The van der Waals surface area contributed by atoms with Crippen LogP contribution in [0.4, 0.5) is 0 Å². The van der Waals surface area contributed by atoms with E-state index in [-0.39, 0.29) is 0 Å². The summed E-state index contributed by atoms with van der Waals surface area (Å²) in [5.41, 5.74) is 0.416. The Labute approximate surface area is 174 Å². The molecule has 4 aliphatic rings. The summed E-state index contributed by atoms with van der Waals surface area (Å²) in [7, 11) is -1.53. The molecule has 4 saturated carbocycles. The van der Waals surface area contributed by atoms with Crippen LogP contribution in [-0.2, 0) is 9.22 Å². The lowest BCUT2D eigenvalue weighted by molar-refractivity contribution is -0.132. The lowest BCUT2D eigenvalue weighted by Crippen LogP contribution is -2.53. The molecule has 0 aliphatic heterocycles. The van der Waals surface area contributed by atoms with Gasteiger partial charge in [-0.25, -0.2) is 0 Å². The number of hydrogen-bond donors (Lipinski definition) is 0. The summed E-state index contributed by atoms with van der Waals surface area (Å²) in [6, 6.07) is 3.83. The van der Waals surface area contributed by atoms with Crippen LogP contribution in [0.25, 0.3) is 0 Å². The Balaban J connectivity index is 1.53. The minimum atomic E-state index is -1.53. The number of rotatable bonds is 5. The second-order valence-electron chi connectivity index (χ2n) is 11.2. The molecule has 0 aromatic carbocycles. The number of carbonyl (C=O) groups excluding carboxylic acids is 1. The van der Waals surface area contributed by atoms with Gasteiger partial charge in [-0.3, -0.25) is 4.79 Å². The van der Waals surface area contributed by atoms with Crippen LogP contribution in [0.1, 0.15) is 86.0 Å². The van der Waals surface area contributed by atoms with Gasteiger partial charge in [0.25, 0.3) is 0 Å². The molecule has 0 heterocycles. The van der Waals surface area contributed by atoms with Gasteiger partial charge in [-0.2, -0.15) is 0 Å². The van der Waals surface area contributed by atoms with Gasteiger partial charge in [0.05, 0.1) is 6.10 Å². The molecule has 8 atom stereocenters. The number of fused-ring (bicyclic) bond motifs is 5. The zero-order valence-electron chi connectivity index (χ0n) is 19.1. The van der Waals surface area contributed by atoms with E-state index in [4.69, 9.17) is 4.43 Å². The molecular formula is C25H44O2Si. The first-order valence-electron chi connectivity index (χ1n) is 12.6. The van der Waals surface area contributed by atoms with E-state index < -0.39 is 8.32 Å². The minimum Gasteiger partial charge on any atom is -0.413 e. The van der Waals surface area contributed by atoms with E-state index in [2.05, 4.69) is 34.6 Å². The lowest BCUT2D eigenvalue weighted by atomic mass is 9.49. The maximum atomic E-state index is 12.2. The fourth-order valence-electron chi connectivity index (χ4n) is 8.60. The molecule has 0 N–H and O–H groups in total. The Bertz CT molecular complexity index is 577. The van der Waals surface area contributed by atoms with E-state index in [1.54, 1.807) is 0 Å². The van der Waals surface area contributed by atoms with Gasteiger partial charge in [-0.05, 0) is 97.6 Å². The van der Waals surface area contributed by atoms with Gasteiger partial charge in [0.15, 0.2) is 8.32 Å². The maximum absolute atomic E-state index is 12.2. The third kappa shape index (κ3) is 3.27. The lowest BCUT2D eigenvalue weighted by Gasteiger charge is -2.57. The predicted molar refractivity (Wildman–Crippen MR) is 119 cm³/mol. The maximum Gasteiger partial charge on any atom is 0.192 e. The third-order valence-corrected chi connectivity index (χ3v) is 15.0. The van der Waals surface area contributed by atoms with Crippen molar-refractivity contribution in [1.82, 2.24) is 0 Å². The molecule has 2 nitrogen and oxygen atoms in total. The molecule has 4 aliphatic carbocycles. The average molecular weight is 405 g/mol. The quantitative estimate of drug-likeness (QED) is 0.469. The Kier molecular flexibility index (Phi) is 5.90. The van der Waals surface area contributed by atoms with Gasteiger partial charge in [-0.15, -0.1) is 0 Å². The number of Topliss-reactive ketones (excluding diaryl/α,β-unsaturated/α-hetero) is 1. The SMILES string of the molecule is CC[Si](CC)(CC)O[C@H]1CC[C@H]2[C@@H]3CCC4CC(=O)C[C@@H](C)C4[C@H]3CC[C@]12C. The van der Waals surface area contributed by atoms with E-state index in [1.165, 1.54) is 56.7 Å². The summed E-state index contributed by atoms with van der Waals surface area (Å²) < 4.78 is 7.13. The first-order chi connectivity index (χ1) is 13.4. The third-order valence-electron chi connectivity index (χ3n) is 10.3. The van der Waals surface area contributed by atoms with Crippen molar-refractivity contribution in [2.45, 2.75) is 110 Å². The molecule has 0 aromatic rings. The summed E-state index contributed by atoms with van der Waals surface area (Å²) in [5.74, 6) is 5.38. The number of hydrogen-bond acceptors (Lipinski definition) is 2. The molecule has 28 heavy (non-hydrogen) atoms. The largest absolute Gasteiger partial charge is 0.413 e. The van der Waals surface area contributed by atoms with Crippen molar-refractivity contribution in [3.05, 3.63) is 0 Å². The minimum absolute atomic E-state index is 0.416. The summed E-state index contributed by atoms with van der Waals surface area (Å²) in [6.07, 6.45) is 10.4. The standard InChI is InChI=1S/C25H44O2Si/c1-6-28(7-2,8-3)27-23-12-11-22-20-10-9-18-16-19(26)15-17(4)24(18)21(20)13-14-25(22,23)5/h17-18,20-24H,6-16H2,1-5H3/t17-,18?,20-,21+,22+,23+,24?,25+/m1/s1. The molecule has 0 aromatic heterocycles. The van der Waals surface area contributed by atoms with Gasteiger partial charge in [-0.1, -0.05) is 34.6 Å². The van der Waals surface area contributed by atoms with Crippen LogP contribution in [0.2, 0.25) is 18.1 Å². The second kappa shape index (κ2) is 7.83. The van der Waals surface area contributed by atoms with E-state index in [1.807, 2.05) is 0 Å². The summed E-state index contributed by atoms with van der Waals surface area (Å²) in [5, 5.41) is 0. The van der Waals surface area contributed by atoms with Gasteiger partial charge in [0, 0.05) is 12.8 Å². The van der Waals surface area contributed by atoms with Crippen molar-refractivity contribution in [2.24, 2.45) is 40.9 Å². The summed E-state index contributed by atoms with van der Waals surface area (Å²) in [4.78, 5) is 12.2. The summed E-state index contributed by atoms with van der Waals surface area (Å²) in [6.45, 7) is 12.1. The van der Waals surface area contributed by atoms with Crippen LogP contribution in [0, 0.1) is 40.9 Å². The fraction of sp³-hybridized carbons (Fsp3) is 0.960. The van der Waals surface area contributed by atoms with Crippen molar-refractivity contribution in [1.29, 1.82) is 0 Å². The molecule has 160 valence electrons. The normalized spacial score (nSPS) is 46.0. The van der Waals surface area contributed by atoms with Gasteiger partial charge >= 0.3 is 0 Å². The molecule has 4 rings (SSSR count). The predicted octanol–water partition coefficient (Wildman–Crippen LogP) is 6.84. The summed E-state index contributed by atoms with van der Waals surface area (Å²) >= 11 is 0. The average Bonchev–Trinajstić information content (AvgIpc) is 3.01. The van der Waals surface area contributed by atoms with Gasteiger partial charge in [0.1, 0.15) is 5.78 Å². The fourth-order valence-corrected chi connectivity index (χ4v) is 11.6. The number of ketones is 1. The van der Waals surface area contributed by atoms with Crippen molar-refractivity contribution < 1.29 is 9.22 Å². The van der Waals surface area contributed by atoms with E-state index in [0.717, 1.165) is 36.5 Å². The Morgan fingerprint density at radius 3 is 2.36 bits per heavy atom. The Hall–Kier alpha value is -0.153. The van der Waals surface area contributed by atoms with Crippen molar-refractivity contribution in [3.8, 4) is 0 Å². The van der Waals surface area contributed by atoms with Crippen LogP contribution >= 0.6 is 0 Å². The second-order valence-corrected chi connectivity index (χ2v) is 16.0. The highest BCUT2D eigenvalue weighted by molar-refractivity contribution is 6.73. The molecule has 0 spiro atoms. The smallest absolute Gasteiger partial charge is 0.192 e. The van der Waals surface area contributed by atoms with Crippen LogP contribution in [0.3, 0.4) is 0 Å². The highest BCUT2D eigenvalue weighted by Gasteiger charge is 2.59. The molecule has 0 amide bonds. The van der Waals surface area contributed by atoms with Gasteiger partial charge < -0.3 is 4.43 Å². The van der Waals surface area contributed by atoms with Crippen molar-refractivity contribution >= 4 is 14.1 Å². The van der Waals surface area contributed by atoms with Crippen LogP contribution in [0.15, 0.2) is 0 Å². The zero-order valence-corrected chi connectivity index (χ0v) is 20.1. The number of carbonyl (C=O) groups is 1. The first kappa shape index (κ1) is 21.1. The zero-order chi connectivity index (χ0) is 20.1. The molecule has 0 bridgehead atoms. The van der Waals surface area contributed by atoms with Crippen molar-refractivity contribution in [2.75, 3.05) is 0 Å². The molecule has 2 unspecified atom stereocenters. The van der Waals surface area contributed by atoms with E-state index in [0.29, 0.717) is 29.1 Å². The van der Waals surface area contributed by atoms with Crippen LogP contribution in [0.5, 0.6) is 0 Å². The highest BCUT2D eigenvalue weighted by atomic mass is 28.4. The van der Waals surface area contributed by atoms with E-state index in [9.17, 15) is 4.79 Å². The molecule has 0 radical (unpaired) electrons. The highest BCUT2D eigenvalue weighted by Crippen LogP contribution is 2.63. The topological polar surface area (TPSA) is 26.3 Å². The molecular weight excluding hydrogens is 360 g/mol.